The number of thiazole rings is 1. The average Bonchev–Trinajstić information content (AvgIpc) is 3.06. The van der Waals surface area contributed by atoms with Crippen molar-refractivity contribution < 1.29 is 4.79 Å². The Morgan fingerprint density at radius 1 is 1.36 bits per heavy atom. The SMILES string of the molecule is CC(c1cncs1)N(C)C(=O)c1cc(=O)[nH]c2ccccc12. The molecule has 0 radical (unpaired) electrons. The molecule has 1 atom stereocenters. The Hall–Kier alpha value is -2.47. The lowest BCUT2D eigenvalue weighted by Gasteiger charge is -2.24. The van der Waals surface area contributed by atoms with Gasteiger partial charge in [-0.3, -0.25) is 14.6 Å². The molecule has 3 rings (SSSR count). The summed E-state index contributed by atoms with van der Waals surface area (Å²) in [5.74, 6) is -0.178. The van der Waals surface area contributed by atoms with Gasteiger partial charge in [-0.15, -0.1) is 11.3 Å². The van der Waals surface area contributed by atoms with Crippen molar-refractivity contribution in [2.75, 3.05) is 7.05 Å². The highest BCUT2D eigenvalue weighted by molar-refractivity contribution is 7.09. The zero-order valence-corrected chi connectivity index (χ0v) is 13.1. The molecule has 0 aliphatic heterocycles. The molecular formula is C16H15N3O2S. The van der Waals surface area contributed by atoms with E-state index in [-0.39, 0.29) is 17.5 Å². The van der Waals surface area contributed by atoms with E-state index in [9.17, 15) is 9.59 Å². The summed E-state index contributed by atoms with van der Waals surface area (Å²) in [4.78, 5) is 34.0. The summed E-state index contributed by atoms with van der Waals surface area (Å²) >= 11 is 1.51. The van der Waals surface area contributed by atoms with Crippen molar-refractivity contribution in [3.05, 3.63) is 62.8 Å². The van der Waals surface area contributed by atoms with E-state index in [4.69, 9.17) is 0 Å². The van der Waals surface area contributed by atoms with Crippen LogP contribution in [0.15, 0.2) is 46.8 Å². The molecule has 0 spiro atoms. The minimum atomic E-state index is -0.277. The lowest BCUT2D eigenvalue weighted by Crippen LogP contribution is -2.30. The molecule has 112 valence electrons. The normalized spacial score (nSPS) is 12.3. The van der Waals surface area contributed by atoms with Gasteiger partial charge < -0.3 is 9.88 Å². The number of hydrogen-bond donors (Lipinski definition) is 1. The highest BCUT2D eigenvalue weighted by atomic mass is 32.1. The van der Waals surface area contributed by atoms with Gasteiger partial charge in [-0.2, -0.15) is 0 Å². The molecule has 1 N–H and O–H groups in total. The smallest absolute Gasteiger partial charge is 0.255 e. The van der Waals surface area contributed by atoms with E-state index in [1.54, 1.807) is 29.7 Å². The number of para-hydroxylation sites is 1. The third-order valence-corrected chi connectivity index (χ3v) is 4.69. The van der Waals surface area contributed by atoms with Crippen LogP contribution < -0.4 is 5.56 Å². The number of pyridine rings is 1. The number of hydrogen-bond acceptors (Lipinski definition) is 4. The van der Waals surface area contributed by atoms with Crippen LogP contribution in [0.3, 0.4) is 0 Å². The van der Waals surface area contributed by atoms with Crippen LogP contribution in [-0.4, -0.2) is 27.8 Å². The van der Waals surface area contributed by atoms with E-state index in [1.807, 2.05) is 25.1 Å². The highest BCUT2D eigenvalue weighted by Crippen LogP contribution is 2.25. The molecule has 3 aromatic rings. The van der Waals surface area contributed by atoms with Gasteiger partial charge in [-0.05, 0) is 13.0 Å². The Morgan fingerprint density at radius 3 is 2.86 bits per heavy atom. The summed E-state index contributed by atoms with van der Waals surface area (Å²) in [6.45, 7) is 1.95. The van der Waals surface area contributed by atoms with Crippen molar-refractivity contribution >= 4 is 28.1 Å². The van der Waals surface area contributed by atoms with Crippen LogP contribution in [0.2, 0.25) is 0 Å². The Balaban J connectivity index is 2.03. The number of benzene rings is 1. The van der Waals surface area contributed by atoms with Crippen LogP contribution in [0.25, 0.3) is 10.9 Å². The third kappa shape index (κ3) is 2.53. The number of nitrogens with zero attached hydrogens (tertiary/aromatic N) is 2. The second-order valence-corrected chi connectivity index (χ2v) is 6.01. The van der Waals surface area contributed by atoms with Crippen molar-refractivity contribution in [2.45, 2.75) is 13.0 Å². The highest BCUT2D eigenvalue weighted by Gasteiger charge is 2.22. The number of carbonyl (C=O) groups excluding carboxylic acids is 1. The number of carbonyl (C=O) groups is 1. The summed E-state index contributed by atoms with van der Waals surface area (Å²) in [5.41, 5.74) is 2.54. The molecule has 0 fully saturated rings. The number of rotatable bonds is 3. The minimum Gasteiger partial charge on any atom is -0.334 e. The van der Waals surface area contributed by atoms with E-state index in [2.05, 4.69) is 9.97 Å². The molecule has 2 heterocycles. The Bertz CT molecular complexity index is 870. The molecule has 0 aliphatic carbocycles. The van der Waals surface area contributed by atoms with E-state index < -0.39 is 0 Å². The zero-order chi connectivity index (χ0) is 15.7. The number of H-pyrrole nitrogens is 1. The van der Waals surface area contributed by atoms with E-state index in [0.717, 1.165) is 10.3 Å². The molecule has 2 aromatic heterocycles. The topological polar surface area (TPSA) is 66.1 Å². The average molecular weight is 313 g/mol. The Labute approximate surface area is 131 Å². The number of aromatic nitrogens is 2. The molecule has 1 aromatic carbocycles. The fourth-order valence-corrected chi connectivity index (χ4v) is 3.09. The summed E-state index contributed by atoms with van der Waals surface area (Å²) in [5, 5.41) is 0.746. The summed E-state index contributed by atoms with van der Waals surface area (Å²) in [7, 11) is 1.74. The third-order valence-electron chi connectivity index (χ3n) is 3.75. The second-order valence-electron chi connectivity index (χ2n) is 5.09. The number of nitrogens with one attached hydrogen (secondary N) is 1. The van der Waals surface area contributed by atoms with Crippen LogP contribution in [-0.2, 0) is 0 Å². The number of amides is 1. The van der Waals surface area contributed by atoms with Crippen molar-refractivity contribution in [3.8, 4) is 0 Å². The van der Waals surface area contributed by atoms with Gasteiger partial charge in [0.1, 0.15) is 0 Å². The van der Waals surface area contributed by atoms with Gasteiger partial charge >= 0.3 is 0 Å². The molecule has 22 heavy (non-hydrogen) atoms. The lowest BCUT2D eigenvalue weighted by molar-refractivity contribution is 0.0746. The van der Waals surface area contributed by atoms with Crippen LogP contribution in [0.4, 0.5) is 0 Å². The van der Waals surface area contributed by atoms with Crippen LogP contribution in [0.1, 0.15) is 28.2 Å². The fraction of sp³-hybridized carbons (Fsp3) is 0.188. The fourth-order valence-electron chi connectivity index (χ4n) is 2.37. The zero-order valence-electron chi connectivity index (χ0n) is 12.2. The first-order valence-corrected chi connectivity index (χ1v) is 7.73. The summed E-state index contributed by atoms with van der Waals surface area (Å²) < 4.78 is 0. The molecule has 1 amide bonds. The van der Waals surface area contributed by atoms with Gasteiger partial charge in [-0.25, -0.2) is 0 Å². The van der Waals surface area contributed by atoms with Crippen molar-refractivity contribution in [2.24, 2.45) is 0 Å². The first kappa shape index (κ1) is 14.5. The molecule has 5 nitrogen and oxygen atoms in total. The van der Waals surface area contributed by atoms with E-state index in [1.165, 1.54) is 17.4 Å². The van der Waals surface area contributed by atoms with Crippen LogP contribution in [0.5, 0.6) is 0 Å². The van der Waals surface area contributed by atoms with Gasteiger partial charge in [0.2, 0.25) is 5.56 Å². The first-order chi connectivity index (χ1) is 10.6. The molecule has 0 saturated heterocycles. The maximum Gasteiger partial charge on any atom is 0.255 e. The molecule has 0 aliphatic rings. The van der Waals surface area contributed by atoms with E-state index >= 15 is 0 Å². The molecular weight excluding hydrogens is 298 g/mol. The maximum atomic E-state index is 12.8. The Morgan fingerprint density at radius 2 is 2.14 bits per heavy atom. The predicted molar refractivity (Wildman–Crippen MR) is 87.2 cm³/mol. The lowest BCUT2D eigenvalue weighted by atomic mass is 10.1. The quantitative estimate of drug-likeness (QED) is 0.808. The first-order valence-electron chi connectivity index (χ1n) is 6.85. The van der Waals surface area contributed by atoms with Gasteiger partial charge in [0.15, 0.2) is 0 Å². The monoisotopic (exact) mass is 313 g/mol. The van der Waals surface area contributed by atoms with Crippen LogP contribution in [0, 0.1) is 0 Å². The largest absolute Gasteiger partial charge is 0.334 e. The Kier molecular flexibility index (Phi) is 3.77. The standard InChI is InChI=1S/C16H15N3O2S/c1-10(14-8-17-9-22-14)19(2)16(21)12-7-15(20)18-13-6-4-3-5-11(12)13/h3-10H,1-2H3,(H,18,20). The molecule has 1 unspecified atom stereocenters. The summed E-state index contributed by atoms with van der Waals surface area (Å²) in [6.07, 6.45) is 1.76. The van der Waals surface area contributed by atoms with Crippen LogP contribution >= 0.6 is 11.3 Å². The molecule has 0 saturated carbocycles. The second kappa shape index (κ2) is 5.73. The van der Waals surface area contributed by atoms with Crippen molar-refractivity contribution in [1.29, 1.82) is 0 Å². The van der Waals surface area contributed by atoms with Gasteiger partial charge in [0.05, 0.1) is 17.1 Å². The van der Waals surface area contributed by atoms with Gasteiger partial charge in [0.25, 0.3) is 5.91 Å². The number of aromatic amines is 1. The maximum absolute atomic E-state index is 12.8. The van der Waals surface area contributed by atoms with E-state index in [0.29, 0.717) is 11.1 Å². The predicted octanol–water partition coefficient (Wildman–Crippen LogP) is 2.82. The molecule has 6 heteroatoms. The molecule has 0 bridgehead atoms. The van der Waals surface area contributed by atoms with Gasteiger partial charge in [-0.1, -0.05) is 18.2 Å². The van der Waals surface area contributed by atoms with Crippen molar-refractivity contribution in [1.82, 2.24) is 14.9 Å². The summed E-state index contributed by atoms with van der Waals surface area (Å²) in [6, 6.07) is 8.57. The van der Waals surface area contributed by atoms with Gasteiger partial charge in [0, 0.05) is 35.1 Å². The number of fused-ring (bicyclic) bond motifs is 1. The van der Waals surface area contributed by atoms with Crippen molar-refractivity contribution in [3.63, 3.8) is 0 Å². The minimum absolute atomic E-state index is 0.0990.